The van der Waals surface area contributed by atoms with Crippen LogP contribution in [0.1, 0.15) is 34.4 Å². The second-order valence-electron chi connectivity index (χ2n) is 7.00. The highest BCUT2D eigenvalue weighted by Gasteiger charge is 2.20. The summed E-state index contributed by atoms with van der Waals surface area (Å²) in [4.78, 5) is 30.6. The van der Waals surface area contributed by atoms with Gasteiger partial charge in [-0.1, -0.05) is 29.8 Å². The summed E-state index contributed by atoms with van der Waals surface area (Å²) in [6, 6.07) is 8.25. The standard InChI is InChI=1S/C20H21N3O2S3/c1-12-6-8-13(9-7-12)10-27-11-16(24)22-23-19(25)17-14-4-2-3-5-15(14)28-18(17)21-20(23)26/h6-9H,2-5,10-11H2,1H3,(H,21,26)(H,22,24). The van der Waals surface area contributed by atoms with Gasteiger partial charge in [-0.3, -0.25) is 15.0 Å². The molecule has 0 atom stereocenters. The van der Waals surface area contributed by atoms with Crippen molar-refractivity contribution < 1.29 is 4.79 Å². The summed E-state index contributed by atoms with van der Waals surface area (Å²) in [5.41, 5.74) is 5.96. The van der Waals surface area contributed by atoms with Crippen LogP contribution >= 0.6 is 35.3 Å². The second kappa shape index (κ2) is 8.23. The van der Waals surface area contributed by atoms with Crippen molar-refractivity contribution in [1.29, 1.82) is 0 Å². The average Bonchev–Trinajstić information content (AvgIpc) is 3.05. The van der Waals surface area contributed by atoms with Gasteiger partial charge < -0.3 is 4.98 Å². The van der Waals surface area contributed by atoms with E-state index < -0.39 is 0 Å². The summed E-state index contributed by atoms with van der Waals surface area (Å²) in [6.45, 7) is 2.05. The van der Waals surface area contributed by atoms with Gasteiger partial charge in [0.2, 0.25) is 10.7 Å². The molecule has 0 fully saturated rings. The summed E-state index contributed by atoms with van der Waals surface area (Å²) in [7, 11) is 0. The molecule has 2 heterocycles. The van der Waals surface area contributed by atoms with Crippen molar-refractivity contribution in [1.82, 2.24) is 9.66 Å². The Labute approximate surface area is 176 Å². The number of thioether (sulfide) groups is 1. The van der Waals surface area contributed by atoms with E-state index in [4.69, 9.17) is 12.2 Å². The molecule has 28 heavy (non-hydrogen) atoms. The molecule has 146 valence electrons. The fraction of sp³-hybridized carbons (Fsp3) is 0.350. The Hall–Kier alpha value is -1.90. The number of aromatic nitrogens is 2. The molecule has 1 aromatic carbocycles. The number of benzene rings is 1. The number of aromatic amines is 1. The van der Waals surface area contributed by atoms with Crippen molar-refractivity contribution in [3.63, 3.8) is 0 Å². The quantitative estimate of drug-likeness (QED) is 0.591. The zero-order valence-corrected chi connectivity index (χ0v) is 18.0. The van der Waals surface area contributed by atoms with E-state index in [1.807, 2.05) is 6.92 Å². The van der Waals surface area contributed by atoms with Crippen molar-refractivity contribution in [3.8, 4) is 0 Å². The molecule has 0 saturated carbocycles. The maximum atomic E-state index is 13.0. The van der Waals surface area contributed by atoms with E-state index in [-0.39, 0.29) is 22.0 Å². The van der Waals surface area contributed by atoms with Crippen LogP contribution < -0.4 is 11.0 Å². The highest BCUT2D eigenvalue weighted by molar-refractivity contribution is 7.99. The van der Waals surface area contributed by atoms with Gasteiger partial charge in [-0.15, -0.1) is 23.1 Å². The number of nitrogens with zero attached hydrogens (tertiary/aromatic N) is 1. The highest BCUT2D eigenvalue weighted by atomic mass is 32.2. The van der Waals surface area contributed by atoms with E-state index in [1.165, 1.54) is 32.4 Å². The molecule has 5 nitrogen and oxygen atoms in total. The third kappa shape index (κ3) is 3.94. The molecule has 3 aromatic rings. The van der Waals surface area contributed by atoms with Crippen LogP contribution in [0.5, 0.6) is 0 Å². The van der Waals surface area contributed by atoms with E-state index in [9.17, 15) is 9.59 Å². The normalized spacial score (nSPS) is 13.5. The fourth-order valence-electron chi connectivity index (χ4n) is 3.44. The summed E-state index contributed by atoms with van der Waals surface area (Å²) in [6.07, 6.45) is 4.17. The summed E-state index contributed by atoms with van der Waals surface area (Å²) < 4.78 is 1.42. The van der Waals surface area contributed by atoms with E-state index >= 15 is 0 Å². The number of nitrogens with one attached hydrogen (secondary N) is 2. The van der Waals surface area contributed by atoms with Crippen LogP contribution in [0.2, 0.25) is 0 Å². The molecule has 0 radical (unpaired) electrons. The Bertz CT molecular complexity index is 1140. The first-order valence-electron chi connectivity index (χ1n) is 9.25. The Kier molecular flexibility index (Phi) is 5.70. The van der Waals surface area contributed by atoms with Crippen LogP contribution in [0.4, 0.5) is 0 Å². The molecule has 4 rings (SSSR count). The minimum atomic E-state index is -0.234. The first-order valence-corrected chi connectivity index (χ1v) is 11.6. The molecule has 1 aliphatic carbocycles. The van der Waals surface area contributed by atoms with E-state index in [0.717, 1.165) is 41.8 Å². The molecular weight excluding hydrogens is 410 g/mol. The van der Waals surface area contributed by atoms with E-state index in [1.54, 1.807) is 11.3 Å². The van der Waals surface area contributed by atoms with Gasteiger partial charge in [-0.25, -0.2) is 0 Å². The number of H-pyrrole nitrogens is 1. The van der Waals surface area contributed by atoms with Crippen LogP contribution in [-0.2, 0) is 23.4 Å². The highest BCUT2D eigenvalue weighted by Crippen LogP contribution is 2.33. The van der Waals surface area contributed by atoms with Gasteiger partial charge in [0.05, 0.1) is 11.1 Å². The molecule has 0 spiro atoms. The molecule has 0 bridgehead atoms. The van der Waals surface area contributed by atoms with Crippen molar-refractivity contribution in [2.45, 2.75) is 38.4 Å². The zero-order chi connectivity index (χ0) is 19.7. The molecule has 1 aliphatic rings. The van der Waals surface area contributed by atoms with Crippen LogP contribution in [-0.4, -0.2) is 21.3 Å². The first-order chi connectivity index (χ1) is 13.5. The van der Waals surface area contributed by atoms with Gasteiger partial charge in [0.1, 0.15) is 4.83 Å². The number of fused-ring (bicyclic) bond motifs is 3. The number of carbonyl (C=O) groups is 1. The smallest absolute Gasteiger partial charge is 0.282 e. The average molecular weight is 432 g/mol. The SMILES string of the molecule is Cc1ccc(CSCC(=O)Nn2c(=S)[nH]c3sc4c(c3c2=O)CCCC4)cc1. The first kappa shape index (κ1) is 19.4. The number of rotatable bonds is 5. The lowest BCUT2D eigenvalue weighted by Crippen LogP contribution is -2.35. The molecule has 8 heteroatoms. The Morgan fingerprint density at radius 3 is 2.82 bits per heavy atom. The minimum absolute atomic E-state index is 0.227. The predicted molar refractivity (Wildman–Crippen MR) is 120 cm³/mol. The number of hydrogen-bond donors (Lipinski definition) is 2. The predicted octanol–water partition coefficient (Wildman–Crippen LogP) is 4.31. The Morgan fingerprint density at radius 1 is 1.29 bits per heavy atom. The van der Waals surface area contributed by atoms with Gasteiger partial charge in [0, 0.05) is 10.6 Å². The van der Waals surface area contributed by atoms with Gasteiger partial charge in [-0.05, 0) is 56.0 Å². The van der Waals surface area contributed by atoms with Gasteiger partial charge >= 0.3 is 0 Å². The zero-order valence-electron chi connectivity index (χ0n) is 15.5. The van der Waals surface area contributed by atoms with Crippen LogP contribution in [0.25, 0.3) is 10.2 Å². The lowest BCUT2D eigenvalue weighted by molar-refractivity contribution is -0.114. The molecule has 0 unspecified atom stereocenters. The number of amides is 1. The molecular formula is C20H21N3O2S3. The maximum absolute atomic E-state index is 13.0. The Balaban J connectivity index is 1.49. The van der Waals surface area contributed by atoms with E-state index in [0.29, 0.717) is 5.39 Å². The van der Waals surface area contributed by atoms with Gasteiger partial charge in [0.25, 0.3) is 5.56 Å². The van der Waals surface area contributed by atoms with Crippen LogP contribution in [0.15, 0.2) is 29.1 Å². The fourth-order valence-corrected chi connectivity index (χ4v) is 5.80. The minimum Gasteiger partial charge on any atom is -0.322 e. The van der Waals surface area contributed by atoms with Crippen molar-refractivity contribution in [2.75, 3.05) is 11.2 Å². The molecule has 0 saturated heterocycles. The maximum Gasteiger partial charge on any atom is 0.282 e. The third-order valence-electron chi connectivity index (χ3n) is 4.87. The number of thiophene rings is 1. The lowest BCUT2D eigenvalue weighted by atomic mass is 9.97. The largest absolute Gasteiger partial charge is 0.322 e. The monoisotopic (exact) mass is 431 g/mol. The second-order valence-corrected chi connectivity index (χ2v) is 9.48. The number of carbonyl (C=O) groups excluding carboxylic acids is 1. The summed E-state index contributed by atoms with van der Waals surface area (Å²) in [5, 5.41) is 0.681. The summed E-state index contributed by atoms with van der Waals surface area (Å²) in [5.74, 6) is 0.767. The van der Waals surface area contributed by atoms with E-state index in [2.05, 4.69) is 34.7 Å². The molecule has 0 aliphatic heterocycles. The third-order valence-corrected chi connectivity index (χ3v) is 7.37. The topological polar surface area (TPSA) is 66.9 Å². The van der Waals surface area contributed by atoms with Gasteiger partial charge in [0.15, 0.2) is 0 Å². The van der Waals surface area contributed by atoms with Crippen LogP contribution in [0, 0.1) is 11.7 Å². The molecule has 2 aromatic heterocycles. The van der Waals surface area contributed by atoms with Crippen LogP contribution in [0.3, 0.4) is 0 Å². The number of hydrogen-bond acceptors (Lipinski definition) is 5. The van der Waals surface area contributed by atoms with Crippen molar-refractivity contribution in [2.24, 2.45) is 0 Å². The lowest BCUT2D eigenvalue weighted by Gasteiger charge is -2.11. The van der Waals surface area contributed by atoms with Crippen molar-refractivity contribution >= 4 is 51.4 Å². The summed E-state index contributed by atoms with van der Waals surface area (Å²) >= 11 is 8.45. The van der Waals surface area contributed by atoms with Gasteiger partial charge in [-0.2, -0.15) is 4.68 Å². The molecule has 2 N–H and O–H groups in total. The number of aryl methyl sites for hydroxylation is 3. The van der Waals surface area contributed by atoms with Crippen molar-refractivity contribution in [3.05, 3.63) is 61.0 Å². The Morgan fingerprint density at radius 2 is 2.04 bits per heavy atom. The molecule has 1 amide bonds.